The molecule has 0 spiro atoms. The summed E-state index contributed by atoms with van der Waals surface area (Å²) in [5.74, 6) is 0.700. The normalized spacial score (nSPS) is 9.93. The molecule has 4 N–H and O–H groups in total. The monoisotopic (exact) mass is 198 g/mol. The number of nitrogens with one attached hydrogen (secondary N) is 2. The van der Waals surface area contributed by atoms with E-state index in [1.807, 2.05) is 7.05 Å². The highest BCUT2D eigenvalue weighted by atomic mass is 16.8. The minimum absolute atomic E-state index is 0.0321. The van der Waals surface area contributed by atoms with Crippen LogP contribution in [0.4, 0.5) is 11.5 Å². The van der Waals surface area contributed by atoms with Crippen LogP contribution in [-0.2, 0) is 0 Å². The molecule has 0 unspecified atom stereocenters. The molecule has 14 heavy (non-hydrogen) atoms. The van der Waals surface area contributed by atoms with E-state index in [4.69, 9.17) is 10.4 Å². The molecule has 6 nitrogen and oxygen atoms in total. The minimum atomic E-state index is 0.0321. The van der Waals surface area contributed by atoms with Gasteiger partial charge in [0, 0.05) is 13.1 Å². The standard InChI is InChI=1S/C8H14N4O2/c1-9-4-5-10-8-3-2-7(6-11-8)12(13)14/h2-3,6,9,13-14H,4-5H2,1H3,(H,10,11). The molecule has 0 aliphatic carbocycles. The Morgan fingerprint density at radius 1 is 1.36 bits per heavy atom. The molecule has 0 amide bonds. The highest BCUT2D eigenvalue weighted by molar-refractivity contribution is 5.45. The first kappa shape index (κ1) is 10.7. The van der Waals surface area contributed by atoms with Gasteiger partial charge in [0.1, 0.15) is 11.5 Å². The number of aromatic nitrogens is 1. The van der Waals surface area contributed by atoms with E-state index in [9.17, 15) is 0 Å². The zero-order valence-electron chi connectivity index (χ0n) is 7.94. The third-order valence-electron chi connectivity index (χ3n) is 1.66. The predicted molar refractivity (Wildman–Crippen MR) is 52.7 cm³/mol. The Labute approximate surface area is 82.1 Å². The van der Waals surface area contributed by atoms with Gasteiger partial charge in [-0.25, -0.2) is 4.98 Å². The first-order valence-corrected chi connectivity index (χ1v) is 4.26. The summed E-state index contributed by atoms with van der Waals surface area (Å²) >= 11 is 0. The number of pyridine rings is 1. The van der Waals surface area contributed by atoms with E-state index in [0.29, 0.717) is 5.82 Å². The average molecular weight is 198 g/mol. The largest absolute Gasteiger partial charge is 0.369 e. The van der Waals surface area contributed by atoms with Crippen molar-refractivity contribution >= 4 is 11.5 Å². The van der Waals surface area contributed by atoms with Crippen LogP contribution < -0.4 is 15.9 Å². The maximum atomic E-state index is 8.65. The molecule has 1 heterocycles. The molecule has 1 aromatic rings. The van der Waals surface area contributed by atoms with Crippen LogP contribution in [0.25, 0.3) is 0 Å². The van der Waals surface area contributed by atoms with Crippen LogP contribution >= 0.6 is 0 Å². The summed E-state index contributed by atoms with van der Waals surface area (Å²) in [6.07, 6.45) is 1.36. The van der Waals surface area contributed by atoms with Crippen molar-refractivity contribution in [2.24, 2.45) is 0 Å². The number of rotatable bonds is 5. The quantitative estimate of drug-likeness (QED) is 0.402. The Morgan fingerprint density at radius 2 is 2.14 bits per heavy atom. The van der Waals surface area contributed by atoms with Gasteiger partial charge in [0.15, 0.2) is 0 Å². The molecule has 1 rings (SSSR count). The fourth-order valence-corrected chi connectivity index (χ4v) is 0.925. The lowest BCUT2D eigenvalue weighted by Gasteiger charge is -2.08. The summed E-state index contributed by atoms with van der Waals surface area (Å²) in [5.41, 5.74) is 0.226. The van der Waals surface area contributed by atoms with Gasteiger partial charge in [-0.05, 0) is 19.2 Å². The van der Waals surface area contributed by atoms with Crippen molar-refractivity contribution in [3.63, 3.8) is 0 Å². The van der Waals surface area contributed by atoms with E-state index in [1.165, 1.54) is 6.20 Å². The Kier molecular flexibility index (Phi) is 4.11. The Bertz CT molecular complexity index is 263. The molecule has 0 radical (unpaired) electrons. The van der Waals surface area contributed by atoms with Crippen molar-refractivity contribution in [2.75, 3.05) is 30.7 Å². The number of hydrogen-bond acceptors (Lipinski definition) is 6. The zero-order chi connectivity index (χ0) is 10.4. The van der Waals surface area contributed by atoms with E-state index in [1.54, 1.807) is 12.1 Å². The van der Waals surface area contributed by atoms with Crippen LogP contribution in [0.1, 0.15) is 0 Å². The van der Waals surface area contributed by atoms with Crippen molar-refractivity contribution in [3.05, 3.63) is 18.3 Å². The minimum Gasteiger partial charge on any atom is -0.369 e. The number of anilines is 2. The molecule has 1 aromatic heterocycles. The van der Waals surface area contributed by atoms with Crippen molar-refractivity contribution in [1.82, 2.24) is 10.3 Å². The van der Waals surface area contributed by atoms with Crippen molar-refractivity contribution in [2.45, 2.75) is 0 Å². The lowest BCUT2D eigenvalue weighted by atomic mass is 10.4. The Morgan fingerprint density at radius 3 is 2.64 bits per heavy atom. The molecule has 0 aliphatic heterocycles. The van der Waals surface area contributed by atoms with Crippen molar-refractivity contribution in [3.8, 4) is 0 Å². The van der Waals surface area contributed by atoms with E-state index in [2.05, 4.69) is 15.6 Å². The fraction of sp³-hybridized carbons (Fsp3) is 0.375. The Hall–Kier alpha value is -1.37. The molecule has 78 valence electrons. The second-order valence-electron chi connectivity index (χ2n) is 2.72. The van der Waals surface area contributed by atoms with Crippen molar-refractivity contribution < 1.29 is 10.4 Å². The lowest BCUT2D eigenvalue weighted by Crippen LogP contribution is -2.18. The van der Waals surface area contributed by atoms with Gasteiger partial charge in [-0.1, -0.05) is 0 Å². The summed E-state index contributed by atoms with van der Waals surface area (Å²) in [6.45, 7) is 1.61. The van der Waals surface area contributed by atoms with Gasteiger partial charge in [0.25, 0.3) is 0 Å². The maximum Gasteiger partial charge on any atom is 0.126 e. The number of hydrogen-bond donors (Lipinski definition) is 4. The van der Waals surface area contributed by atoms with Crippen LogP contribution in [0.5, 0.6) is 0 Å². The van der Waals surface area contributed by atoms with Crippen LogP contribution in [0, 0.1) is 0 Å². The summed E-state index contributed by atoms with van der Waals surface area (Å²) in [6, 6.07) is 3.22. The van der Waals surface area contributed by atoms with Gasteiger partial charge in [-0.2, -0.15) is 0 Å². The van der Waals surface area contributed by atoms with Crippen molar-refractivity contribution in [1.29, 1.82) is 0 Å². The van der Waals surface area contributed by atoms with Gasteiger partial charge in [-0.3, -0.25) is 10.4 Å². The first-order chi connectivity index (χ1) is 6.74. The zero-order valence-corrected chi connectivity index (χ0v) is 7.94. The number of nitrogens with zero attached hydrogens (tertiary/aromatic N) is 2. The predicted octanol–water partition coefficient (Wildman–Crippen LogP) is 0.298. The molecule has 0 saturated carbocycles. The van der Waals surface area contributed by atoms with Gasteiger partial charge in [0.2, 0.25) is 0 Å². The summed E-state index contributed by atoms with van der Waals surface area (Å²) < 4.78 is 0. The summed E-state index contributed by atoms with van der Waals surface area (Å²) in [5, 5.41) is 23.4. The smallest absolute Gasteiger partial charge is 0.126 e. The topological polar surface area (TPSA) is 80.7 Å². The molecule has 0 aliphatic rings. The average Bonchev–Trinajstić information content (AvgIpc) is 2.19. The fourth-order valence-electron chi connectivity index (χ4n) is 0.925. The highest BCUT2D eigenvalue weighted by Crippen LogP contribution is 2.11. The molecule has 0 atom stereocenters. The van der Waals surface area contributed by atoms with E-state index in [0.717, 1.165) is 13.1 Å². The van der Waals surface area contributed by atoms with Crippen LogP contribution in [0.3, 0.4) is 0 Å². The van der Waals surface area contributed by atoms with Gasteiger partial charge in [0.05, 0.1) is 6.20 Å². The molecule has 0 bridgehead atoms. The third kappa shape index (κ3) is 3.17. The van der Waals surface area contributed by atoms with Gasteiger partial charge >= 0.3 is 0 Å². The summed E-state index contributed by atoms with van der Waals surface area (Å²) in [4.78, 5) is 3.97. The van der Waals surface area contributed by atoms with E-state index >= 15 is 0 Å². The lowest BCUT2D eigenvalue weighted by molar-refractivity contribution is 0.0290. The van der Waals surface area contributed by atoms with E-state index < -0.39 is 0 Å². The number of likely N-dealkylation sites (N-methyl/N-ethyl adjacent to an activating group) is 1. The van der Waals surface area contributed by atoms with E-state index in [-0.39, 0.29) is 10.9 Å². The summed E-state index contributed by atoms with van der Waals surface area (Å²) in [7, 11) is 1.87. The van der Waals surface area contributed by atoms with Crippen LogP contribution in [0.2, 0.25) is 0 Å². The van der Waals surface area contributed by atoms with Crippen LogP contribution in [-0.4, -0.2) is 35.5 Å². The molecular formula is C8H14N4O2. The van der Waals surface area contributed by atoms with Gasteiger partial charge < -0.3 is 10.6 Å². The Balaban J connectivity index is 2.47. The first-order valence-electron chi connectivity index (χ1n) is 4.26. The highest BCUT2D eigenvalue weighted by Gasteiger charge is 1.98. The van der Waals surface area contributed by atoms with Crippen LogP contribution in [0.15, 0.2) is 18.3 Å². The molecular weight excluding hydrogens is 184 g/mol. The van der Waals surface area contributed by atoms with Gasteiger partial charge in [-0.15, -0.1) is 5.23 Å². The maximum absolute atomic E-state index is 8.65. The third-order valence-corrected chi connectivity index (χ3v) is 1.66. The molecule has 6 heteroatoms. The molecule has 0 fully saturated rings. The SMILES string of the molecule is CNCCNc1ccc(N(O)O)cn1. The molecule has 0 aromatic carbocycles. The molecule has 0 saturated heterocycles. The second kappa shape index (κ2) is 5.38. The second-order valence-corrected chi connectivity index (χ2v) is 2.72.